The fourth-order valence-corrected chi connectivity index (χ4v) is 17.7. The quantitative estimate of drug-likeness (QED) is 0.0343. The molecule has 12 heterocycles. The van der Waals surface area contributed by atoms with Crippen molar-refractivity contribution in [1.29, 1.82) is 0 Å². The van der Waals surface area contributed by atoms with Crippen molar-refractivity contribution in [2.45, 2.75) is 168 Å². The van der Waals surface area contributed by atoms with Crippen molar-refractivity contribution >= 4 is 97.7 Å². The van der Waals surface area contributed by atoms with Crippen molar-refractivity contribution < 1.29 is 51.7 Å². The van der Waals surface area contributed by atoms with Gasteiger partial charge in [0, 0.05) is 88.4 Å². The van der Waals surface area contributed by atoms with Crippen LogP contribution in [0.25, 0.3) is 83.9 Å². The molecule has 3 aliphatic heterocycles. The molecule has 5 fully saturated rings. The number of hydrogen-bond acceptors (Lipinski definition) is 27. The lowest BCUT2D eigenvalue weighted by Crippen LogP contribution is -2.58. The van der Waals surface area contributed by atoms with Crippen LogP contribution < -0.4 is 49.0 Å². The topological polar surface area (TPSA) is 430 Å². The molecule has 0 radical (unpaired) electrons. The predicted molar refractivity (Wildman–Crippen MR) is 497 cm³/mol. The number of hydrogen-bond donors (Lipinski definition) is 6. The summed E-state index contributed by atoms with van der Waals surface area (Å²) in [7, 11) is 0. The number of nitrogen functional groups attached to an aromatic ring is 3. The van der Waals surface area contributed by atoms with E-state index in [9.17, 15) is 44.1 Å². The van der Waals surface area contributed by atoms with Gasteiger partial charge in [0.15, 0.2) is 28.6 Å². The summed E-state index contributed by atoms with van der Waals surface area (Å²) >= 11 is 6.78. The fraction of sp³-hybridized carbons (Fsp3) is 0.362. The van der Waals surface area contributed by atoms with E-state index in [2.05, 4.69) is 74.6 Å². The van der Waals surface area contributed by atoms with Crippen LogP contribution >= 0.6 is 11.6 Å². The van der Waals surface area contributed by atoms with Crippen LogP contribution in [0.15, 0.2) is 125 Å². The van der Waals surface area contributed by atoms with Gasteiger partial charge < -0.3 is 61.9 Å². The van der Waals surface area contributed by atoms with E-state index >= 15 is 22.0 Å². The Balaban J connectivity index is 0.000000152. The number of fused-ring (bicyclic) bond motifs is 3. The van der Waals surface area contributed by atoms with Crippen LogP contribution in [0.3, 0.4) is 0 Å². The lowest BCUT2D eigenvalue weighted by atomic mass is 10.0. The van der Waals surface area contributed by atoms with E-state index < -0.39 is 80.2 Å². The molecule has 4 atom stereocenters. The molecule has 12 aromatic rings. The van der Waals surface area contributed by atoms with Crippen molar-refractivity contribution in [2.24, 2.45) is 0 Å². The number of carbonyl (C=O) groups excluding carboxylic acids is 3. The number of aromatic hydroxyl groups is 3. The largest absolute Gasteiger partial charge is 0.507 e. The number of amides is 3. The molecule has 0 spiro atoms. The molecule has 5 aliphatic rings. The van der Waals surface area contributed by atoms with Crippen molar-refractivity contribution in [3.8, 4) is 68.1 Å². The van der Waals surface area contributed by atoms with Crippen molar-refractivity contribution in [3.63, 3.8) is 0 Å². The van der Waals surface area contributed by atoms with E-state index in [1.807, 2.05) is 97.8 Å². The summed E-state index contributed by atoms with van der Waals surface area (Å²) in [6.45, 7) is 36.0. The number of pyridine rings is 3. The molecule has 17 rings (SSSR count). The van der Waals surface area contributed by atoms with Crippen molar-refractivity contribution in [3.05, 3.63) is 210 Å². The second kappa shape index (κ2) is 37.1. The highest BCUT2D eigenvalue weighted by Crippen LogP contribution is 2.50. The van der Waals surface area contributed by atoms with Crippen LogP contribution in [0.5, 0.6) is 17.2 Å². The highest BCUT2D eigenvalue weighted by atomic mass is 35.5. The van der Waals surface area contributed by atoms with Gasteiger partial charge in [0.25, 0.3) is 0 Å². The summed E-state index contributed by atoms with van der Waals surface area (Å²) in [6, 6.07) is 13.9. The van der Waals surface area contributed by atoms with Crippen molar-refractivity contribution in [1.82, 2.24) is 88.2 Å². The molecule has 692 valence electrons. The minimum Gasteiger partial charge on any atom is -0.507 e. The number of benzene rings is 3. The number of nitrogens with two attached hydrogens (primary N) is 3. The SMILES string of the molecule is C=CC(=O)N1CCN(c2nc(=O)n(-c3c(C(C)C)nc(N)nc3C(C)C)c3nc(-c4c(O)cccc4F)c(F)cc23)[C@@H](C)C1.C=CC(=O)N1CCN(c2nc(=O)n(-c3c(C4CC4)nc(N)nc3C3CC3)c3nc(-c4c(O)cccc4F)c(Cl)cc23)[C@@H](C)C1.C=CC(=O)N1C[C@H](C)N(c2nc(=O)n(-c3c(C(C)C)nc(N)nc3C(C)C)c3nc(-c4c(O)cccc4F)c(F)cc23)C[C@H]1C. The number of rotatable bonds is 18. The maximum Gasteiger partial charge on any atom is 0.355 e. The summed E-state index contributed by atoms with van der Waals surface area (Å²) < 4.78 is 81.1. The van der Waals surface area contributed by atoms with Gasteiger partial charge >= 0.3 is 17.1 Å². The third-order valence-corrected chi connectivity index (χ3v) is 24.5. The first-order chi connectivity index (χ1) is 63.2. The van der Waals surface area contributed by atoms with Crippen LogP contribution in [0.4, 0.5) is 57.3 Å². The molecule has 133 heavy (non-hydrogen) atoms. The first kappa shape index (κ1) is 93.2. The van der Waals surface area contributed by atoms with E-state index in [1.54, 1.807) is 20.8 Å². The smallest absolute Gasteiger partial charge is 0.355 e. The first-order valence-corrected chi connectivity index (χ1v) is 44.0. The van der Waals surface area contributed by atoms with E-state index in [4.69, 9.17) is 33.8 Å². The molecule has 33 nitrogen and oxygen atoms in total. The van der Waals surface area contributed by atoms with Crippen LogP contribution in [0, 0.1) is 29.1 Å². The number of carbonyl (C=O) groups is 3. The van der Waals surface area contributed by atoms with Gasteiger partial charge in [0.05, 0.1) is 94.8 Å². The third kappa shape index (κ3) is 17.7. The number of anilines is 6. The van der Waals surface area contributed by atoms with Gasteiger partial charge in [0.2, 0.25) is 35.6 Å². The van der Waals surface area contributed by atoms with Crippen LogP contribution in [-0.2, 0) is 14.4 Å². The second-order valence-electron chi connectivity index (χ2n) is 35.0. The minimum absolute atomic E-state index is 0.0215. The highest BCUT2D eigenvalue weighted by molar-refractivity contribution is 6.34. The summed E-state index contributed by atoms with van der Waals surface area (Å²) in [5.41, 5.74) is 18.5. The van der Waals surface area contributed by atoms with E-state index in [1.165, 1.54) is 74.4 Å². The number of nitrogens with zero attached hydrogens (tertiary/aromatic N) is 21. The molecular formula is C94H100ClF5N24O9. The summed E-state index contributed by atoms with van der Waals surface area (Å²) in [5, 5.41) is 32.6. The average Bonchev–Trinajstić information content (AvgIpc) is 1.70. The maximum atomic E-state index is 16.0. The molecular weight excluding hydrogens is 1740 g/mol. The summed E-state index contributed by atoms with van der Waals surface area (Å²) in [4.78, 5) is 145. The van der Waals surface area contributed by atoms with Crippen LogP contribution in [-0.4, -0.2) is 198 Å². The lowest BCUT2D eigenvalue weighted by molar-refractivity contribution is -0.129. The number of aromatic nitrogens is 15. The number of phenols is 3. The minimum atomic E-state index is -0.931. The van der Waals surface area contributed by atoms with Gasteiger partial charge in [-0.3, -0.25) is 14.4 Å². The van der Waals surface area contributed by atoms with Crippen LogP contribution in [0.2, 0.25) is 5.02 Å². The van der Waals surface area contributed by atoms with Gasteiger partial charge in [0.1, 0.15) is 63.5 Å². The summed E-state index contributed by atoms with van der Waals surface area (Å²) in [5.74, 6) is -6.20. The predicted octanol–water partition coefficient (Wildman–Crippen LogP) is 13.2. The van der Waals surface area contributed by atoms with Crippen molar-refractivity contribution in [2.75, 3.05) is 84.3 Å². The Hall–Kier alpha value is -14.5. The van der Waals surface area contributed by atoms with E-state index in [0.717, 1.165) is 49.9 Å². The Labute approximate surface area is 765 Å². The zero-order valence-electron chi connectivity index (χ0n) is 75.2. The Morgan fingerprint density at radius 3 is 1.07 bits per heavy atom. The fourth-order valence-electron chi connectivity index (χ4n) is 17.5. The van der Waals surface area contributed by atoms with Gasteiger partial charge in [-0.25, -0.2) is 94.9 Å². The Morgan fingerprint density at radius 1 is 0.406 bits per heavy atom. The molecule has 2 saturated carbocycles. The normalized spacial score (nSPS) is 17.0. The Bertz CT molecular complexity index is 6560. The summed E-state index contributed by atoms with van der Waals surface area (Å²) in [6.07, 6.45) is 7.35. The molecule has 39 heteroatoms. The Kier molecular flexibility index (Phi) is 26.0. The zero-order chi connectivity index (χ0) is 95.8. The van der Waals surface area contributed by atoms with Crippen LogP contribution in [0.1, 0.15) is 178 Å². The molecule has 9 N–H and O–H groups in total. The third-order valence-electron chi connectivity index (χ3n) is 24.2. The number of piperazine rings is 3. The number of halogens is 6. The zero-order valence-corrected chi connectivity index (χ0v) is 76.0. The van der Waals surface area contributed by atoms with Gasteiger partial charge in [-0.15, -0.1) is 0 Å². The number of phenolic OH excluding ortho intramolecular Hbond substituents is 3. The highest BCUT2D eigenvalue weighted by Gasteiger charge is 2.42. The molecule has 0 bridgehead atoms. The van der Waals surface area contributed by atoms with E-state index in [-0.39, 0.29) is 163 Å². The first-order valence-electron chi connectivity index (χ1n) is 43.7. The van der Waals surface area contributed by atoms with E-state index in [0.29, 0.717) is 108 Å². The lowest BCUT2D eigenvalue weighted by Gasteiger charge is -2.44. The van der Waals surface area contributed by atoms with Gasteiger partial charge in [-0.1, -0.05) is 105 Å². The van der Waals surface area contributed by atoms with Gasteiger partial charge in [-0.05, 0) is 150 Å². The monoisotopic (exact) mass is 1840 g/mol. The molecule has 9 aromatic heterocycles. The maximum absolute atomic E-state index is 16.0. The molecule has 3 saturated heterocycles. The molecule has 0 unspecified atom stereocenters. The standard InChI is InChI=1S/C32H36F2N8O3.C31H30ClFN8O3.C31H34F2N8O3/c1-8-23(44)40-13-18(7)41(14-17(40)6)29-19-12-21(34)27(24-20(33)10-9-11-22(24)43)36-30(19)42(32(45)39-29)28-25(15(2)3)37-31(35)38-26(28)16(4)5;1-3-22(43)39-11-12-40(15(2)14-39)28-18-13-19(32)26(23-20(33)5-4-6-21(23)42)35-29(18)41(31(44)38-28)27-24(16-7-8-16)36-30(34)37-25(27)17-9-10-17;1-7-22(43)39-11-12-40(17(6)14-39)28-18-13-20(33)26(23-19(32)9-8-10-21(23)42)35-29(18)41(31(44)38-28)27-24(15(2)3)36-30(34)37-25(27)16(4)5/h8-12,15-18,43H,1,13-14H2,2-7H3,(H2,35,37,38);3-6,13,15-17,42H,1,7-12,14H2,2H3,(H2,34,36,37);7-10,13,15-17,42H,1,11-12,14H2,2-6H3,(H2,34,36,37)/t17-,18+;15-;17-/m100/s1. The average molecular weight is 1840 g/mol. The van der Waals surface area contributed by atoms with Gasteiger partial charge in [-0.2, -0.15) is 15.0 Å². The molecule has 3 aromatic carbocycles. The Morgan fingerprint density at radius 2 is 0.729 bits per heavy atom. The molecule has 2 aliphatic carbocycles. The second-order valence-corrected chi connectivity index (χ2v) is 35.4. The molecule has 3 amide bonds.